The van der Waals surface area contributed by atoms with E-state index in [4.69, 9.17) is 4.74 Å². The maximum Gasteiger partial charge on any atom is 0.309 e. The lowest BCUT2D eigenvalue weighted by molar-refractivity contribution is -0.147. The van der Waals surface area contributed by atoms with Gasteiger partial charge in [-0.25, -0.2) is 9.67 Å². The van der Waals surface area contributed by atoms with Gasteiger partial charge in [-0.2, -0.15) is 12.6 Å². The summed E-state index contributed by atoms with van der Waals surface area (Å²) in [6.45, 7) is 3.63. The van der Waals surface area contributed by atoms with Gasteiger partial charge in [0.15, 0.2) is 5.82 Å². The molecule has 1 aromatic carbocycles. The molecule has 1 atom stereocenters. The lowest BCUT2D eigenvalue weighted by Crippen LogP contribution is -2.16. The SMILES string of the molecule is CC(C)OC(=O)C[C@H](S)n1cnc(-c2ccccc2)n1. The normalized spacial score (nSPS) is 12.4. The molecular formula is C14H17N3O2S. The number of hydrogen-bond donors (Lipinski definition) is 1. The maximum absolute atomic E-state index is 11.6. The van der Waals surface area contributed by atoms with Gasteiger partial charge in [0.25, 0.3) is 0 Å². The third-order valence-corrected chi connectivity index (χ3v) is 2.98. The first-order valence-electron chi connectivity index (χ1n) is 6.40. The molecule has 1 heterocycles. The van der Waals surface area contributed by atoms with Gasteiger partial charge in [0, 0.05) is 5.56 Å². The van der Waals surface area contributed by atoms with Crippen molar-refractivity contribution in [3.05, 3.63) is 36.7 Å². The number of ether oxygens (including phenoxy) is 1. The fourth-order valence-electron chi connectivity index (χ4n) is 1.69. The molecule has 5 nitrogen and oxygen atoms in total. The molecule has 0 bridgehead atoms. The van der Waals surface area contributed by atoms with Crippen molar-refractivity contribution in [2.45, 2.75) is 31.7 Å². The van der Waals surface area contributed by atoms with Gasteiger partial charge >= 0.3 is 5.97 Å². The molecule has 2 rings (SSSR count). The summed E-state index contributed by atoms with van der Waals surface area (Å²) in [7, 11) is 0. The minimum Gasteiger partial charge on any atom is -0.463 e. The van der Waals surface area contributed by atoms with Crippen LogP contribution in [0.25, 0.3) is 11.4 Å². The molecule has 106 valence electrons. The van der Waals surface area contributed by atoms with Crippen molar-refractivity contribution >= 4 is 18.6 Å². The number of rotatable bonds is 5. The second kappa shape index (κ2) is 6.56. The Morgan fingerprint density at radius 2 is 2.05 bits per heavy atom. The van der Waals surface area contributed by atoms with Gasteiger partial charge in [-0.15, -0.1) is 5.10 Å². The van der Waals surface area contributed by atoms with E-state index in [9.17, 15) is 4.79 Å². The number of carbonyl (C=O) groups excluding carboxylic acids is 1. The fourth-order valence-corrected chi connectivity index (χ4v) is 1.95. The first kappa shape index (κ1) is 14.6. The molecule has 2 aromatic rings. The Labute approximate surface area is 123 Å². The summed E-state index contributed by atoms with van der Waals surface area (Å²) in [5.41, 5.74) is 0.927. The van der Waals surface area contributed by atoms with E-state index in [0.717, 1.165) is 5.56 Å². The molecule has 0 radical (unpaired) electrons. The lowest BCUT2D eigenvalue weighted by Gasteiger charge is -2.12. The van der Waals surface area contributed by atoms with Gasteiger partial charge < -0.3 is 4.74 Å². The highest BCUT2D eigenvalue weighted by molar-refractivity contribution is 7.80. The molecule has 0 amide bonds. The summed E-state index contributed by atoms with van der Waals surface area (Å²) in [4.78, 5) is 15.8. The van der Waals surface area contributed by atoms with Crippen LogP contribution in [-0.2, 0) is 9.53 Å². The number of nitrogens with zero attached hydrogens (tertiary/aromatic N) is 3. The molecule has 0 saturated carbocycles. The van der Waals surface area contributed by atoms with Crippen LogP contribution in [0.3, 0.4) is 0 Å². The van der Waals surface area contributed by atoms with Crippen LogP contribution in [0.5, 0.6) is 0 Å². The van der Waals surface area contributed by atoms with Crippen LogP contribution < -0.4 is 0 Å². The number of thiol groups is 1. The highest BCUT2D eigenvalue weighted by Crippen LogP contribution is 2.19. The molecular weight excluding hydrogens is 274 g/mol. The highest BCUT2D eigenvalue weighted by Gasteiger charge is 2.16. The second-order valence-electron chi connectivity index (χ2n) is 4.64. The van der Waals surface area contributed by atoms with E-state index < -0.39 is 0 Å². The molecule has 0 aliphatic heterocycles. The molecule has 0 N–H and O–H groups in total. The van der Waals surface area contributed by atoms with Crippen molar-refractivity contribution < 1.29 is 9.53 Å². The zero-order valence-corrected chi connectivity index (χ0v) is 12.3. The first-order chi connectivity index (χ1) is 9.56. The minimum atomic E-state index is -0.383. The van der Waals surface area contributed by atoms with Crippen molar-refractivity contribution in [2.75, 3.05) is 0 Å². The molecule has 0 saturated heterocycles. The monoisotopic (exact) mass is 291 g/mol. The van der Waals surface area contributed by atoms with Gasteiger partial charge in [-0.3, -0.25) is 4.79 Å². The van der Waals surface area contributed by atoms with E-state index >= 15 is 0 Å². The average Bonchev–Trinajstić information content (AvgIpc) is 2.88. The predicted octanol–water partition coefficient (Wildman–Crippen LogP) is 2.72. The molecule has 0 fully saturated rings. The number of benzene rings is 1. The summed E-state index contributed by atoms with van der Waals surface area (Å²) in [6.07, 6.45) is 1.60. The first-order valence-corrected chi connectivity index (χ1v) is 6.92. The molecule has 0 unspecified atom stereocenters. The van der Waals surface area contributed by atoms with Gasteiger partial charge in [0.1, 0.15) is 11.7 Å². The second-order valence-corrected chi connectivity index (χ2v) is 5.23. The molecule has 0 aliphatic carbocycles. The predicted molar refractivity (Wildman–Crippen MR) is 79.3 cm³/mol. The zero-order valence-electron chi connectivity index (χ0n) is 11.4. The van der Waals surface area contributed by atoms with Crippen LogP contribution in [0, 0.1) is 0 Å². The van der Waals surface area contributed by atoms with Crippen LogP contribution in [0.1, 0.15) is 25.6 Å². The van der Waals surface area contributed by atoms with Crippen molar-refractivity contribution in [2.24, 2.45) is 0 Å². The largest absolute Gasteiger partial charge is 0.463 e. The van der Waals surface area contributed by atoms with Crippen LogP contribution in [-0.4, -0.2) is 26.8 Å². The standard InChI is InChI=1S/C14H17N3O2S/c1-10(2)19-13(18)8-12(20)17-9-15-14(16-17)11-6-4-3-5-7-11/h3-7,9-10,12,20H,8H2,1-2H3/t12-/m0/s1. The summed E-state index contributed by atoms with van der Waals surface area (Å²) < 4.78 is 6.65. The van der Waals surface area contributed by atoms with Crippen molar-refractivity contribution in [3.8, 4) is 11.4 Å². The van der Waals surface area contributed by atoms with Crippen molar-refractivity contribution in [1.82, 2.24) is 14.8 Å². The van der Waals surface area contributed by atoms with E-state index in [1.807, 2.05) is 44.2 Å². The topological polar surface area (TPSA) is 57.0 Å². The summed E-state index contributed by atoms with van der Waals surface area (Å²) in [5, 5.41) is 3.95. The fraction of sp³-hybridized carbons (Fsp3) is 0.357. The van der Waals surface area contributed by atoms with Crippen LogP contribution in [0.15, 0.2) is 36.7 Å². The average molecular weight is 291 g/mol. The zero-order chi connectivity index (χ0) is 14.5. The maximum atomic E-state index is 11.6. The van der Waals surface area contributed by atoms with Gasteiger partial charge in [-0.05, 0) is 13.8 Å². The summed E-state index contributed by atoms with van der Waals surface area (Å²) in [6, 6.07) is 9.65. The Morgan fingerprint density at radius 3 is 2.70 bits per heavy atom. The molecule has 6 heteroatoms. The molecule has 0 spiro atoms. The Morgan fingerprint density at radius 1 is 1.35 bits per heavy atom. The number of esters is 1. The van der Waals surface area contributed by atoms with Gasteiger partial charge in [0.05, 0.1) is 12.5 Å². The van der Waals surface area contributed by atoms with Crippen molar-refractivity contribution in [1.29, 1.82) is 0 Å². The van der Waals surface area contributed by atoms with E-state index in [1.165, 1.54) is 0 Å². The van der Waals surface area contributed by atoms with E-state index in [-0.39, 0.29) is 23.9 Å². The Kier molecular flexibility index (Phi) is 4.79. The van der Waals surface area contributed by atoms with E-state index in [0.29, 0.717) is 5.82 Å². The minimum absolute atomic E-state index is 0.126. The number of aromatic nitrogens is 3. The Bertz CT molecular complexity index is 569. The highest BCUT2D eigenvalue weighted by atomic mass is 32.1. The number of hydrogen-bond acceptors (Lipinski definition) is 5. The van der Waals surface area contributed by atoms with Crippen LogP contribution in [0.4, 0.5) is 0 Å². The van der Waals surface area contributed by atoms with E-state index in [2.05, 4.69) is 22.7 Å². The quantitative estimate of drug-likeness (QED) is 0.680. The molecule has 20 heavy (non-hydrogen) atoms. The van der Waals surface area contributed by atoms with Gasteiger partial charge in [-0.1, -0.05) is 30.3 Å². The van der Waals surface area contributed by atoms with Gasteiger partial charge in [0.2, 0.25) is 0 Å². The summed E-state index contributed by atoms with van der Waals surface area (Å²) in [5.74, 6) is 0.318. The lowest BCUT2D eigenvalue weighted by atomic mass is 10.2. The Hall–Kier alpha value is -1.82. The Balaban J connectivity index is 2.03. The smallest absolute Gasteiger partial charge is 0.309 e. The van der Waals surface area contributed by atoms with Crippen LogP contribution >= 0.6 is 12.6 Å². The third kappa shape index (κ3) is 3.84. The summed E-state index contributed by atoms with van der Waals surface area (Å²) >= 11 is 4.37. The number of carbonyl (C=O) groups is 1. The van der Waals surface area contributed by atoms with E-state index in [1.54, 1.807) is 11.0 Å². The third-order valence-electron chi connectivity index (χ3n) is 2.56. The molecule has 0 aliphatic rings. The molecule has 1 aromatic heterocycles. The van der Waals surface area contributed by atoms with Crippen molar-refractivity contribution in [3.63, 3.8) is 0 Å². The van der Waals surface area contributed by atoms with Crippen LogP contribution in [0.2, 0.25) is 0 Å².